The van der Waals surface area contributed by atoms with E-state index in [4.69, 9.17) is 10.8 Å². The van der Waals surface area contributed by atoms with Gasteiger partial charge in [0.05, 0.1) is 10.9 Å². The van der Waals surface area contributed by atoms with Crippen molar-refractivity contribution >= 4 is 22.9 Å². The minimum Gasteiger partial charge on any atom is -0.465 e. The van der Waals surface area contributed by atoms with Crippen LogP contribution in [0.15, 0.2) is 16.9 Å². The number of anilines is 1. The molecular weight excluding hydrogens is 371 g/mol. The van der Waals surface area contributed by atoms with E-state index in [0.29, 0.717) is 18.7 Å². The highest BCUT2D eigenvalue weighted by Crippen LogP contribution is 2.28. The highest BCUT2D eigenvalue weighted by atomic mass is 19.4. The number of piperazine rings is 1. The van der Waals surface area contributed by atoms with E-state index in [1.54, 1.807) is 0 Å². The minimum absolute atomic E-state index is 0.0786. The molecule has 4 N–H and O–H groups in total. The summed E-state index contributed by atoms with van der Waals surface area (Å²) in [4.78, 5) is 32.4. The predicted molar refractivity (Wildman–Crippen MR) is 88.3 cm³/mol. The van der Waals surface area contributed by atoms with Gasteiger partial charge >= 0.3 is 12.5 Å². The molecule has 12 heteroatoms. The van der Waals surface area contributed by atoms with Gasteiger partial charge in [0.1, 0.15) is 5.75 Å². The molecule has 0 bridgehead atoms. The SMILES string of the molecule is Nc1nc2c(CN3CCN(C(=O)O)CC3)cc(OC(F)(F)F)cc2c(=O)[nH]1. The molecule has 9 nitrogen and oxygen atoms in total. The zero-order chi connectivity index (χ0) is 19.8. The van der Waals surface area contributed by atoms with Crippen LogP contribution in [0.5, 0.6) is 5.75 Å². The first kappa shape index (κ1) is 18.8. The van der Waals surface area contributed by atoms with Crippen LogP contribution in [0, 0.1) is 0 Å². The van der Waals surface area contributed by atoms with Gasteiger partial charge < -0.3 is 20.5 Å². The fraction of sp³-hybridized carbons (Fsp3) is 0.400. The molecule has 1 amide bonds. The number of ether oxygens (including phenoxy) is 1. The second-order valence-electron chi connectivity index (χ2n) is 6.02. The van der Waals surface area contributed by atoms with E-state index in [-0.39, 0.29) is 36.5 Å². The number of aromatic amines is 1. The highest BCUT2D eigenvalue weighted by molar-refractivity contribution is 5.83. The Kier molecular flexibility index (Phi) is 4.83. The number of hydrogen-bond acceptors (Lipinski definition) is 6. The first-order valence-electron chi connectivity index (χ1n) is 7.91. The third kappa shape index (κ3) is 4.39. The van der Waals surface area contributed by atoms with Crippen LogP contribution in [-0.4, -0.2) is 63.5 Å². The van der Waals surface area contributed by atoms with Gasteiger partial charge in [0, 0.05) is 32.7 Å². The molecule has 0 atom stereocenters. The van der Waals surface area contributed by atoms with E-state index in [0.717, 1.165) is 12.1 Å². The molecule has 0 saturated carbocycles. The van der Waals surface area contributed by atoms with E-state index in [1.807, 2.05) is 4.90 Å². The molecule has 1 saturated heterocycles. The quantitative estimate of drug-likeness (QED) is 0.723. The first-order valence-corrected chi connectivity index (χ1v) is 7.91. The predicted octanol–water partition coefficient (Wildman–Crippen LogP) is 1.20. The summed E-state index contributed by atoms with van der Waals surface area (Å²) in [5.74, 6) is -0.694. The summed E-state index contributed by atoms with van der Waals surface area (Å²) in [6, 6.07) is 2.12. The average molecular weight is 387 g/mol. The molecule has 1 aromatic carbocycles. The van der Waals surface area contributed by atoms with Crippen LogP contribution < -0.4 is 16.0 Å². The van der Waals surface area contributed by atoms with Gasteiger partial charge in [0.15, 0.2) is 0 Å². The topological polar surface area (TPSA) is 125 Å². The number of alkyl halides is 3. The van der Waals surface area contributed by atoms with Crippen LogP contribution in [0.2, 0.25) is 0 Å². The molecule has 1 aliphatic heterocycles. The van der Waals surface area contributed by atoms with Gasteiger partial charge in [-0.2, -0.15) is 0 Å². The number of carbonyl (C=O) groups is 1. The van der Waals surface area contributed by atoms with Gasteiger partial charge in [-0.3, -0.25) is 14.7 Å². The lowest BCUT2D eigenvalue weighted by molar-refractivity contribution is -0.274. The van der Waals surface area contributed by atoms with Crippen molar-refractivity contribution in [2.45, 2.75) is 12.9 Å². The van der Waals surface area contributed by atoms with Crippen LogP contribution in [0.4, 0.5) is 23.9 Å². The Morgan fingerprint density at radius 3 is 2.56 bits per heavy atom. The largest absolute Gasteiger partial charge is 0.573 e. The van der Waals surface area contributed by atoms with Gasteiger partial charge in [-0.1, -0.05) is 0 Å². The Hall–Kier alpha value is -3.02. The monoisotopic (exact) mass is 387 g/mol. The Balaban J connectivity index is 1.95. The first-order chi connectivity index (χ1) is 12.6. The molecule has 0 unspecified atom stereocenters. The molecule has 0 spiro atoms. The summed E-state index contributed by atoms with van der Waals surface area (Å²) in [6.45, 7) is 1.47. The van der Waals surface area contributed by atoms with Crippen LogP contribution in [0.25, 0.3) is 10.9 Å². The third-order valence-corrected chi connectivity index (χ3v) is 4.15. The van der Waals surface area contributed by atoms with Crippen LogP contribution in [0.1, 0.15) is 5.56 Å². The zero-order valence-electron chi connectivity index (χ0n) is 13.9. The van der Waals surface area contributed by atoms with Crippen molar-refractivity contribution in [3.8, 4) is 5.75 Å². The maximum Gasteiger partial charge on any atom is 0.573 e. The van der Waals surface area contributed by atoms with E-state index in [1.165, 1.54) is 4.90 Å². The van der Waals surface area contributed by atoms with Gasteiger partial charge in [0.2, 0.25) is 5.95 Å². The van der Waals surface area contributed by atoms with Crippen molar-refractivity contribution in [2.24, 2.45) is 0 Å². The number of fused-ring (bicyclic) bond motifs is 1. The number of nitrogens with zero attached hydrogens (tertiary/aromatic N) is 3. The maximum absolute atomic E-state index is 12.6. The summed E-state index contributed by atoms with van der Waals surface area (Å²) in [6.07, 6.45) is -5.94. The van der Waals surface area contributed by atoms with Gasteiger partial charge in [0.25, 0.3) is 5.56 Å². The molecule has 146 valence electrons. The summed E-state index contributed by atoms with van der Waals surface area (Å²) in [7, 11) is 0. The van der Waals surface area contributed by atoms with Crippen molar-refractivity contribution in [1.82, 2.24) is 19.8 Å². The van der Waals surface area contributed by atoms with E-state index in [2.05, 4.69) is 14.7 Å². The Morgan fingerprint density at radius 1 is 1.30 bits per heavy atom. The molecule has 1 aromatic heterocycles. The number of carboxylic acid groups (broad SMARTS) is 1. The summed E-state index contributed by atoms with van der Waals surface area (Å²) < 4.78 is 41.8. The lowest BCUT2D eigenvalue weighted by atomic mass is 10.1. The summed E-state index contributed by atoms with van der Waals surface area (Å²) >= 11 is 0. The Bertz CT molecular complexity index is 922. The fourth-order valence-electron chi connectivity index (χ4n) is 2.95. The number of nitrogens with one attached hydrogen (secondary N) is 1. The van der Waals surface area contributed by atoms with Crippen molar-refractivity contribution < 1.29 is 27.8 Å². The molecule has 2 aromatic rings. The number of nitrogens with two attached hydrogens (primary N) is 1. The number of hydrogen-bond donors (Lipinski definition) is 3. The van der Waals surface area contributed by atoms with E-state index >= 15 is 0 Å². The number of benzene rings is 1. The number of rotatable bonds is 3. The van der Waals surface area contributed by atoms with Crippen LogP contribution >= 0.6 is 0 Å². The maximum atomic E-state index is 12.6. The fourth-order valence-corrected chi connectivity index (χ4v) is 2.95. The summed E-state index contributed by atoms with van der Waals surface area (Å²) in [5.41, 5.74) is 5.38. The number of nitrogen functional groups attached to an aromatic ring is 1. The van der Waals surface area contributed by atoms with Crippen molar-refractivity contribution in [2.75, 3.05) is 31.9 Å². The van der Waals surface area contributed by atoms with Gasteiger partial charge in [-0.05, 0) is 17.7 Å². The molecule has 2 heterocycles. The van der Waals surface area contributed by atoms with Crippen LogP contribution in [0.3, 0.4) is 0 Å². The summed E-state index contributed by atoms with van der Waals surface area (Å²) in [5, 5.41) is 8.90. The van der Waals surface area contributed by atoms with Crippen molar-refractivity contribution in [3.05, 3.63) is 28.0 Å². The number of halogens is 3. The van der Waals surface area contributed by atoms with Crippen molar-refractivity contribution in [1.29, 1.82) is 0 Å². The zero-order valence-corrected chi connectivity index (χ0v) is 13.9. The lowest BCUT2D eigenvalue weighted by Crippen LogP contribution is -2.47. The number of aromatic nitrogens is 2. The lowest BCUT2D eigenvalue weighted by Gasteiger charge is -2.33. The second-order valence-corrected chi connectivity index (χ2v) is 6.02. The molecule has 27 heavy (non-hydrogen) atoms. The van der Waals surface area contributed by atoms with Crippen molar-refractivity contribution in [3.63, 3.8) is 0 Å². The van der Waals surface area contributed by atoms with E-state index in [9.17, 15) is 22.8 Å². The number of H-pyrrole nitrogens is 1. The molecule has 3 rings (SSSR count). The highest BCUT2D eigenvalue weighted by Gasteiger charge is 2.32. The number of amides is 1. The minimum atomic E-state index is -4.91. The molecule has 1 aliphatic rings. The van der Waals surface area contributed by atoms with E-state index < -0.39 is 23.8 Å². The molecule has 0 radical (unpaired) electrons. The molecule has 1 fully saturated rings. The molecule has 0 aliphatic carbocycles. The Morgan fingerprint density at radius 2 is 1.96 bits per heavy atom. The van der Waals surface area contributed by atoms with Gasteiger partial charge in [-0.15, -0.1) is 13.2 Å². The second kappa shape index (κ2) is 6.95. The third-order valence-electron chi connectivity index (χ3n) is 4.15. The Labute approximate surface area is 150 Å². The smallest absolute Gasteiger partial charge is 0.465 e. The normalized spacial score (nSPS) is 15.9. The average Bonchev–Trinajstić information content (AvgIpc) is 2.55. The standard InChI is InChI=1S/C15H16F3N5O4/c16-15(17,18)27-9-5-8(7-22-1-3-23(4-2-22)14(25)26)11-10(6-9)12(24)21-13(19)20-11/h5-6H,1-4,7H2,(H,25,26)(H3,19,20,21,24). The van der Waals surface area contributed by atoms with Crippen LogP contribution in [-0.2, 0) is 6.54 Å². The van der Waals surface area contributed by atoms with Gasteiger partial charge in [-0.25, -0.2) is 9.78 Å². The molecular formula is C15H16F3N5O4.